The van der Waals surface area contributed by atoms with Gasteiger partial charge in [0.05, 0.1) is 6.42 Å². The molecule has 0 aliphatic carbocycles. The van der Waals surface area contributed by atoms with Crippen molar-refractivity contribution in [3.63, 3.8) is 0 Å². The predicted octanol–water partition coefficient (Wildman–Crippen LogP) is 2.71. The van der Waals surface area contributed by atoms with Crippen molar-refractivity contribution in [1.82, 2.24) is 0 Å². The quantitative estimate of drug-likeness (QED) is 0.899. The molecule has 7 heteroatoms. The molecule has 0 unspecified atom stereocenters. The van der Waals surface area contributed by atoms with Crippen molar-refractivity contribution in [3.8, 4) is 5.75 Å². The second-order valence-electron chi connectivity index (χ2n) is 2.79. The molecule has 0 spiro atoms. The van der Waals surface area contributed by atoms with E-state index < -0.39 is 30.6 Å². The van der Waals surface area contributed by atoms with Gasteiger partial charge in [-0.25, -0.2) is 4.39 Å². The minimum Gasteiger partial charge on any atom is -0.481 e. The molecule has 0 radical (unpaired) electrons. The van der Waals surface area contributed by atoms with Crippen molar-refractivity contribution in [2.24, 2.45) is 0 Å². The maximum absolute atomic E-state index is 13.1. The second-order valence-corrected chi connectivity index (χ2v) is 3.19. The minimum atomic E-state index is -3.25. The molecule has 0 fully saturated rings. The minimum absolute atomic E-state index is 0.139. The van der Waals surface area contributed by atoms with E-state index in [0.717, 1.165) is 12.1 Å². The molecule has 0 heterocycles. The number of ether oxygens (including phenoxy) is 1. The van der Waals surface area contributed by atoms with Crippen molar-refractivity contribution >= 4 is 17.6 Å². The smallest absolute Gasteiger partial charge is 0.387 e. The van der Waals surface area contributed by atoms with Crippen LogP contribution in [0.15, 0.2) is 12.1 Å². The zero-order valence-electron chi connectivity index (χ0n) is 7.71. The highest BCUT2D eigenvalue weighted by Gasteiger charge is 2.19. The van der Waals surface area contributed by atoms with E-state index >= 15 is 0 Å². The molecule has 1 aromatic carbocycles. The lowest BCUT2D eigenvalue weighted by Gasteiger charge is -2.11. The van der Waals surface area contributed by atoms with Gasteiger partial charge in [-0.05, 0) is 12.1 Å². The number of halogens is 4. The van der Waals surface area contributed by atoms with Gasteiger partial charge in [0, 0.05) is 10.6 Å². The summed E-state index contributed by atoms with van der Waals surface area (Å²) in [4.78, 5) is 10.4. The number of hydrogen-bond donors (Lipinski definition) is 1. The molecular weight excluding hydrogens is 249 g/mol. The maximum Gasteiger partial charge on any atom is 0.387 e. The van der Waals surface area contributed by atoms with Crippen molar-refractivity contribution in [3.05, 3.63) is 28.5 Å². The van der Waals surface area contributed by atoms with Gasteiger partial charge in [0.25, 0.3) is 0 Å². The fraction of sp³-hybridized carbons (Fsp3) is 0.222. The van der Waals surface area contributed by atoms with E-state index in [1.807, 2.05) is 0 Å². The molecular formula is C9H6ClF3O3. The van der Waals surface area contributed by atoms with Crippen LogP contribution in [0.1, 0.15) is 5.56 Å². The Hall–Kier alpha value is -1.43. The van der Waals surface area contributed by atoms with E-state index in [2.05, 4.69) is 4.74 Å². The number of alkyl halides is 2. The Morgan fingerprint density at radius 3 is 2.62 bits per heavy atom. The summed E-state index contributed by atoms with van der Waals surface area (Å²) < 4.78 is 41.0. The largest absolute Gasteiger partial charge is 0.481 e. The number of rotatable bonds is 4. The highest BCUT2D eigenvalue weighted by molar-refractivity contribution is 6.31. The Morgan fingerprint density at radius 1 is 1.50 bits per heavy atom. The summed E-state index contributed by atoms with van der Waals surface area (Å²) in [5.74, 6) is -3.24. The third-order valence-corrected chi connectivity index (χ3v) is 2.04. The molecule has 0 bridgehead atoms. The maximum atomic E-state index is 13.1. The Labute approximate surface area is 93.4 Å². The van der Waals surface area contributed by atoms with Crippen LogP contribution in [-0.2, 0) is 11.2 Å². The van der Waals surface area contributed by atoms with Gasteiger partial charge >= 0.3 is 12.6 Å². The molecule has 3 nitrogen and oxygen atoms in total. The van der Waals surface area contributed by atoms with Gasteiger partial charge in [-0.1, -0.05) is 11.6 Å². The third kappa shape index (κ3) is 3.03. The van der Waals surface area contributed by atoms with Gasteiger partial charge in [0.1, 0.15) is 0 Å². The molecule has 0 aliphatic rings. The number of aliphatic carboxylic acids is 1. The fourth-order valence-corrected chi connectivity index (χ4v) is 1.32. The lowest BCUT2D eigenvalue weighted by atomic mass is 10.1. The van der Waals surface area contributed by atoms with E-state index in [1.165, 1.54) is 0 Å². The SMILES string of the molecule is O=C(O)Cc1c(Cl)ccc(F)c1OC(F)F. The molecule has 0 aromatic heterocycles. The van der Waals surface area contributed by atoms with Crippen LogP contribution in [0.3, 0.4) is 0 Å². The summed E-state index contributed by atoms with van der Waals surface area (Å²) in [7, 11) is 0. The summed E-state index contributed by atoms with van der Waals surface area (Å²) in [5, 5.41) is 8.38. The van der Waals surface area contributed by atoms with Gasteiger partial charge in [0.2, 0.25) is 0 Å². The van der Waals surface area contributed by atoms with Crippen molar-refractivity contribution < 1.29 is 27.8 Å². The number of hydrogen-bond acceptors (Lipinski definition) is 2. The molecule has 16 heavy (non-hydrogen) atoms. The zero-order chi connectivity index (χ0) is 12.3. The van der Waals surface area contributed by atoms with E-state index in [0.29, 0.717) is 0 Å². The molecule has 1 N–H and O–H groups in total. The standard InChI is InChI=1S/C9H6ClF3O3/c10-5-1-2-6(11)8(16-9(12)13)4(5)3-7(14)15/h1-2,9H,3H2,(H,14,15). The van der Waals surface area contributed by atoms with Crippen LogP contribution in [-0.4, -0.2) is 17.7 Å². The van der Waals surface area contributed by atoms with Crippen LogP contribution in [0.4, 0.5) is 13.2 Å². The molecule has 1 rings (SSSR count). The van der Waals surface area contributed by atoms with Gasteiger partial charge < -0.3 is 9.84 Å². The van der Waals surface area contributed by atoms with Crippen LogP contribution in [0.2, 0.25) is 5.02 Å². The number of benzene rings is 1. The summed E-state index contributed by atoms with van der Waals surface area (Å²) in [6.45, 7) is -3.25. The first kappa shape index (κ1) is 12.6. The van der Waals surface area contributed by atoms with Gasteiger partial charge in [0.15, 0.2) is 11.6 Å². The van der Waals surface area contributed by atoms with Crippen LogP contribution >= 0.6 is 11.6 Å². The molecule has 0 atom stereocenters. The van der Waals surface area contributed by atoms with Crippen LogP contribution in [0.25, 0.3) is 0 Å². The zero-order valence-corrected chi connectivity index (χ0v) is 8.47. The fourth-order valence-electron chi connectivity index (χ4n) is 1.11. The molecule has 0 saturated heterocycles. The average Bonchev–Trinajstić information content (AvgIpc) is 2.16. The van der Waals surface area contributed by atoms with Crippen LogP contribution in [0, 0.1) is 5.82 Å². The van der Waals surface area contributed by atoms with Crippen molar-refractivity contribution in [2.45, 2.75) is 13.0 Å². The number of carboxylic acids is 1. The molecule has 0 saturated carbocycles. The average molecular weight is 255 g/mol. The second kappa shape index (κ2) is 5.07. The molecule has 0 amide bonds. The first-order valence-electron chi connectivity index (χ1n) is 4.05. The molecule has 1 aromatic rings. The lowest BCUT2D eigenvalue weighted by molar-refractivity contribution is -0.136. The van der Waals surface area contributed by atoms with Gasteiger partial charge in [-0.3, -0.25) is 4.79 Å². The van der Waals surface area contributed by atoms with Crippen molar-refractivity contribution in [1.29, 1.82) is 0 Å². The highest BCUT2D eigenvalue weighted by atomic mass is 35.5. The predicted molar refractivity (Wildman–Crippen MR) is 49.4 cm³/mol. The van der Waals surface area contributed by atoms with E-state index in [9.17, 15) is 18.0 Å². The van der Waals surface area contributed by atoms with Gasteiger partial charge in [-0.2, -0.15) is 8.78 Å². The van der Waals surface area contributed by atoms with Gasteiger partial charge in [-0.15, -0.1) is 0 Å². The highest BCUT2D eigenvalue weighted by Crippen LogP contribution is 2.31. The topological polar surface area (TPSA) is 46.5 Å². The first-order valence-corrected chi connectivity index (χ1v) is 4.43. The lowest BCUT2D eigenvalue weighted by Crippen LogP contribution is -2.09. The summed E-state index contributed by atoms with van der Waals surface area (Å²) in [5.41, 5.74) is -0.311. The van der Waals surface area contributed by atoms with Crippen LogP contribution in [0.5, 0.6) is 5.75 Å². The molecule has 0 aliphatic heterocycles. The van der Waals surface area contributed by atoms with E-state index in [4.69, 9.17) is 16.7 Å². The monoisotopic (exact) mass is 254 g/mol. The number of carbonyl (C=O) groups is 1. The van der Waals surface area contributed by atoms with Crippen LogP contribution < -0.4 is 4.74 Å². The Morgan fingerprint density at radius 2 is 2.12 bits per heavy atom. The van der Waals surface area contributed by atoms with Crippen molar-refractivity contribution in [2.75, 3.05) is 0 Å². The Balaban J connectivity index is 3.19. The number of carboxylic acid groups (broad SMARTS) is 1. The normalized spacial score (nSPS) is 10.6. The molecule has 88 valence electrons. The van der Waals surface area contributed by atoms with E-state index in [-0.39, 0.29) is 10.6 Å². The first-order chi connectivity index (χ1) is 7.41. The Bertz CT molecular complexity index is 409. The summed E-state index contributed by atoms with van der Waals surface area (Å²) >= 11 is 5.57. The third-order valence-electron chi connectivity index (χ3n) is 1.69. The summed E-state index contributed by atoms with van der Waals surface area (Å²) in [6.07, 6.45) is -0.696. The Kier molecular flexibility index (Phi) is 4.00. The van der Waals surface area contributed by atoms with E-state index in [1.54, 1.807) is 0 Å². The summed E-state index contributed by atoms with van der Waals surface area (Å²) in [6, 6.07) is 1.90.